The van der Waals surface area contributed by atoms with Crippen LogP contribution in [0, 0.1) is 24.2 Å². The Labute approximate surface area is 115 Å². The zero-order chi connectivity index (χ0) is 14.1. The first-order valence-corrected chi connectivity index (χ1v) is 6.43. The van der Waals surface area contributed by atoms with Crippen molar-refractivity contribution in [3.05, 3.63) is 41.3 Å². The quantitative estimate of drug-likeness (QED) is 0.632. The van der Waals surface area contributed by atoms with E-state index in [0.29, 0.717) is 17.6 Å². The van der Waals surface area contributed by atoms with Gasteiger partial charge in [-0.2, -0.15) is 10.2 Å². The van der Waals surface area contributed by atoms with Crippen LogP contribution in [0.1, 0.15) is 36.0 Å². The van der Waals surface area contributed by atoms with Gasteiger partial charge in [-0.3, -0.25) is 4.90 Å². The number of anilines is 1. The standard InChI is InChI=1S/C14H13FN4O/c1-9-2-5-11(15)12(6-9)19(8-16)7-13-17-14(20-18-13)10-3-4-10/h2,5-6,10H,3-4,7H2,1H3. The predicted molar refractivity (Wildman–Crippen MR) is 69.2 cm³/mol. The molecule has 0 bridgehead atoms. The molecule has 0 saturated heterocycles. The van der Waals surface area contributed by atoms with Gasteiger partial charge >= 0.3 is 0 Å². The summed E-state index contributed by atoms with van der Waals surface area (Å²) in [6, 6.07) is 4.63. The molecule has 0 N–H and O–H groups in total. The fraction of sp³-hybridized carbons (Fsp3) is 0.357. The van der Waals surface area contributed by atoms with Crippen molar-refractivity contribution in [1.29, 1.82) is 5.26 Å². The van der Waals surface area contributed by atoms with E-state index in [2.05, 4.69) is 10.1 Å². The van der Waals surface area contributed by atoms with Crippen LogP contribution in [0.4, 0.5) is 10.1 Å². The van der Waals surface area contributed by atoms with Crippen molar-refractivity contribution in [1.82, 2.24) is 10.1 Å². The van der Waals surface area contributed by atoms with Crippen molar-refractivity contribution in [2.24, 2.45) is 0 Å². The predicted octanol–water partition coefficient (Wildman–Crippen LogP) is 2.88. The molecular weight excluding hydrogens is 259 g/mol. The average molecular weight is 272 g/mol. The van der Waals surface area contributed by atoms with Gasteiger partial charge in [-0.05, 0) is 37.5 Å². The lowest BCUT2D eigenvalue weighted by Crippen LogP contribution is -2.18. The molecule has 5 nitrogen and oxygen atoms in total. The van der Waals surface area contributed by atoms with Gasteiger partial charge in [0.25, 0.3) is 0 Å². The van der Waals surface area contributed by atoms with E-state index in [9.17, 15) is 9.65 Å². The fourth-order valence-electron chi connectivity index (χ4n) is 1.97. The van der Waals surface area contributed by atoms with Crippen LogP contribution in [0.25, 0.3) is 0 Å². The molecule has 0 spiro atoms. The third-order valence-electron chi connectivity index (χ3n) is 3.22. The van der Waals surface area contributed by atoms with E-state index in [1.807, 2.05) is 13.1 Å². The van der Waals surface area contributed by atoms with Crippen LogP contribution < -0.4 is 4.90 Å². The first-order valence-electron chi connectivity index (χ1n) is 6.43. The summed E-state index contributed by atoms with van der Waals surface area (Å²) in [5.74, 6) is 0.933. The van der Waals surface area contributed by atoms with Crippen LogP contribution in [0.2, 0.25) is 0 Å². The molecule has 2 aromatic rings. The van der Waals surface area contributed by atoms with E-state index in [-0.39, 0.29) is 12.2 Å². The number of aromatic nitrogens is 2. The van der Waals surface area contributed by atoms with Crippen LogP contribution in [0.3, 0.4) is 0 Å². The number of benzene rings is 1. The summed E-state index contributed by atoms with van der Waals surface area (Å²) in [6.07, 6.45) is 4.09. The minimum Gasteiger partial charge on any atom is -0.339 e. The summed E-state index contributed by atoms with van der Waals surface area (Å²) >= 11 is 0. The minimum atomic E-state index is -0.442. The molecule has 1 aliphatic rings. The van der Waals surface area contributed by atoms with E-state index in [1.165, 1.54) is 11.0 Å². The maximum absolute atomic E-state index is 13.8. The van der Waals surface area contributed by atoms with Crippen molar-refractivity contribution < 1.29 is 8.91 Å². The molecule has 0 unspecified atom stereocenters. The van der Waals surface area contributed by atoms with E-state index < -0.39 is 5.82 Å². The molecule has 1 heterocycles. The number of hydrogen-bond acceptors (Lipinski definition) is 5. The molecule has 0 radical (unpaired) electrons. The van der Waals surface area contributed by atoms with Crippen molar-refractivity contribution in [2.45, 2.75) is 32.2 Å². The Hall–Kier alpha value is -2.42. The molecule has 1 aliphatic carbocycles. The summed E-state index contributed by atoms with van der Waals surface area (Å²) in [5, 5.41) is 13.0. The first kappa shape index (κ1) is 12.6. The normalized spacial score (nSPS) is 14.1. The molecular formula is C14H13FN4O. The largest absolute Gasteiger partial charge is 0.339 e. The Morgan fingerprint density at radius 1 is 1.50 bits per heavy atom. The Morgan fingerprint density at radius 3 is 3.00 bits per heavy atom. The zero-order valence-corrected chi connectivity index (χ0v) is 11.0. The highest BCUT2D eigenvalue weighted by Gasteiger charge is 2.30. The van der Waals surface area contributed by atoms with Gasteiger partial charge in [-0.25, -0.2) is 4.39 Å². The number of rotatable bonds is 4. The lowest BCUT2D eigenvalue weighted by Gasteiger charge is -2.14. The number of nitriles is 1. The Morgan fingerprint density at radius 2 is 2.30 bits per heavy atom. The van der Waals surface area contributed by atoms with Crippen molar-refractivity contribution in [2.75, 3.05) is 4.90 Å². The first-order chi connectivity index (χ1) is 9.67. The van der Waals surface area contributed by atoms with E-state index in [4.69, 9.17) is 4.52 Å². The van der Waals surface area contributed by atoms with Gasteiger partial charge in [0.05, 0.1) is 12.2 Å². The number of halogens is 1. The SMILES string of the molecule is Cc1ccc(F)c(N(C#N)Cc2noc(C3CC3)n2)c1. The summed E-state index contributed by atoms with van der Waals surface area (Å²) in [5.41, 5.74) is 1.11. The Kier molecular flexibility index (Phi) is 3.11. The maximum atomic E-state index is 13.8. The molecule has 0 aliphatic heterocycles. The third-order valence-corrected chi connectivity index (χ3v) is 3.22. The second-order valence-electron chi connectivity index (χ2n) is 4.96. The van der Waals surface area contributed by atoms with Gasteiger partial charge in [0.2, 0.25) is 5.89 Å². The van der Waals surface area contributed by atoms with Gasteiger partial charge in [-0.15, -0.1) is 0 Å². The molecule has 1 fully saturated rings. The van der Waals surface area contributed by atoms with Crippen molar-refractivity contribution in [3.63, 3.8) is 0 Å². The molecule has 3 rings (SSSR count). The monoisotopic (exact) mass is 272 g/mol. The van der Waals surface area contributed by atoms with Crippen molar-refractivity contribution in [3.8, 4) is 6.19 Å². The van der Waals surface area contributed by atoms with Gasteiger partial charge in [0.15, 0.2) is 12.0 Å². The fourth-order valence-corrected chi connectivity index (χ4v) is 1.97. The van der Waals surface area contributed by atoms with Gasteiger partial charge in [-0.1, -0.05) is 11.2 Å². The summed E-state index contributed by atoms with van der Waals surface area (Å²) in [7, 11) is 0. The van der Waals surface area contributed by atoms with Crippen LogP contribution in [-0.4, -0.2) is 10.1 Å². The number of nitrogens with zero attached hydrogens (tertiary/aromatic N) is 4. The highest BCUT2D eigenvalue weighted by Crippen LogP contribution is 2.38. The molecule has 1 aromatic heterocycles. The summed E-state index contributed by atoms with van der Waals surface area (Å²) < 4.78 is 18.9. The van der Waals surface area contributed by atoms with E-state index in [0.717, 1.165) is 18.4 Å². The van der Waals surface area contributed by atoms with Gasteiger partial charge in [0, 0.05) is 5.92 Å². The lowest BCUT2D eigenvalue weighted by molar-refractivity contribution is 0.374. The zero-order valence-electron chi connectivity index (χ0n) is 11.0. The lowest BCUT2D eigenvalue weighted by atomic mass is 10.2. The Balaban J connectivity index is 1.82. The second-order valence-corrected chi connectivity index (χ2v) is 4.96. The van der Waals surface area contributed by atoms with Crippen LogP contribution >= 0.6 is 0 Å². The smallest absolute Gasteiger partial charge is 0.229 e. The second kappa shape index (κ2) is 4.93. The molecule has 1 aromatic carbocycles. The number of hydrogen-bond donors (Lipinski definition) is 0. The van der Waals surface area contributed by atoms with Crippen LogP contribution in [0.15, 0.2) is 22.7 Å². The Bertz CT molecular complexity index is 672. The molecule has 1 saturated carbocycles. The highest BCUT2D eigenvalue weighted by molar-refractivity contribution is 5.53. The van der Waals surface area contributed by atoms with Crippen molar-refractivity contribution >= 4 is 5.69 Å². The highest BCUT2D eigenvalue weighted by atomic mass is 19.1. The van der Waals surface area contributed by atoms with Gasteiger partial charge < -0.3 is 4.52 Å². The molecule has 6 heteroatoms. The molecule has 0 atom stereocenters. The average Bonchev–Trinajstić information content (AvgIpc) is 3.19. The summed E-state index contributed by atoms with van der Waals surface area (Å²) in [4.78, 5) is 5.47. The van der Waals surface area contributed by atoms with Gasteiger partial charge in [0.1, 0.15) is 5.82 Å². The van der Waals surface area contributed by atoms with Crippen LogP contribution in [0.5, 0.6) is 0 Å². The maximum Gasteiger partial charge on any atom is 0.229 e. The topological polar surface area (TPSA) is 66.0 Å². The minimum absolute atomic E-state index is 0.104. The molecule has 102 valence electrons. The summed E-state index contributed by atoms with van der Waals surface area (Å²) in [6.45, 7) is 1.95. The van der Waals surface area contributed by atoms with E-state index >= 15 is 0 Å². The molecule has 0 amide bonds. The number of aryl methyl sites for hydroxylation is 1. The molecule has 20 heavy (non-hydrogen) atoms. The van der Waals surface area contributed by atoms with Crippen LogP contribution in [-0.2, 0) is 6.54 Å². The third kappa shape index (κ3) is 2.48. The van der Waals surface area contributed by atoms with E-state index in [1.54, 1.807) is 12.1 Å².